The quantitative estimate of drug-likeness (QED) is 0.801. The van der Waals surface area contributed by atoms with E-state index < -0.39 is 0 Å². The summed E-state index contributed by atoms with van der Waals surface area (Å²) < 4.78 is 5.53. The number of ether oxygens (including phenoxy) is 1. The van der Waals surface area contributed by atoms with Crippen molar-refractivity contribution in [1.29, 1.82) is 0 Å². The molecule has 28 heavy (non-hydrogen) atoms. The van der Waals surface area contributed by atoms with Crippen molar-refractivity contribution >= 4 is 11.8 Å². The molecule has 3 heterocycles. The van der Waals surface area contributed by atoms with Gasteiger partial charge in [-0.25, -0.2) is 0 Å². The van der Waals surface area contributed by atoms with Crippen LogP contribution in [0.25, 0.3) is 0 Å². The smallest absolute Gasteiger partial charge is 0.260 e. The molecule has 3 aliphatic rings. The molecule has 1 aliphatic carbocycles. The number of aromatic nitrogens is 1. The predicted molar refractivity (Wildman–Crippen MR) is 105 cm³/mol. The molecule has 1 atom stereocenters. The Kier molecular flexibility index (Phi) is 6.10. The van der Waals surface area contributed by atoms with Gasteiger partial charge in [-0.05, 0) is 57.2 Å². The molecule has 2 saturated heterocycles. The molecule has 7 nitrogen and oxygen atoms in total. The van der Waals surface area contributed by atoms with Gasteiger partial charge in [0, 0.05) is 37.9 Å². The highest BCUT2D eigenvalue weighted by Crippen LogP contribution is 2.26. The molecule has 1 aromatic rings. The number of piperidine rings is 2. The van der Waals surface area contributed by atoms with Gasteiger partial charge in [0.2, 0.25) is 5.91 Å². The number of likely N-dealkylation sites (tertiary alicyclic amines) is 2. The summed E-state index contributed by atoms with van der Waals surface area (Å²) >= 11 is 0. The van der Waals surface area contributed by atoms with Gasteiger partial charge in [0.15, 0.2) is 6.61 Å². The van der Waals surface area contributed by atoms with Crippen molar-refractivity contribution in [2.45, 2.75) is 50.6 Å². The monoisotopic (exact) mass is 386 g/mol. The molecule has 0 bridgehead atoms. The van der Waals surface area contributed by atoms with Crippen molar-refractivity contribution < 1.29 is 14.3 Å². The lowest BCUT2D eigenvalue weighted by Crippen LogP contribution is -2.52. The van der Waals surface area contributed by atoms with Crippen LogP contribution in [0.5, 0.6) is 5.75 Å². The molecule has 1 aromatic heterocycles. The fourth-order valence-electron chi connectivity index (χ4n) is 4.25. The summed E-state index contributed by atoms with van der Waals surface area (Å²) in [5.74, 6) is 1.02. The normalized spacial score (nSPS) is 24.0. The lowest BCUT2D eigenvalue weighted by Gasteiger charge is -2.42. The first kappa shape index (κ1) is 19.2. The summed E-state index contributed by atoms with van der Waals surface area (Å²) in [7, 11) is 0. The third-order valence-corrected chi connectivity index (χ3v) is 6.08. The fourth-order valence-corrected chi connectivity index (χ4v) is 4.25. The molecule has 152 valence electrons. The maximum absolute atomic E-state index is 12.4. The Morgan fingerprint density at radius 3 is 2.68 bits per heavy atom. The second-order valence-electron chi connectivity index (χ2n) is 8.21. The largest absolute Gasteiger partial charge is 0.482 e. The SMILES string of the molecule is O=C(NC1CC1)[C@H]1CCCN(C2CCN(C(=O)COc3cccnc3)CC2)C1. The molecule has 3 fully saturated rings. The minimum absolute atomic E-state index is 0.0302. The second kappa shape index (κ2) is 8.90. The Bertz CT molecular complexity index is 671. The molecular formula is C21H30N4O3. The third kappa shape index (κ3) is 5.01. The van der Waals surface area contributed by atoms with Crippen LogP contribution in [0.1, 0.15) is 38.5 Å². The molecule has 2 aliphatic heterocycles. The average molecular weight is 386 g/mol. The van der Waals surface area contributed by atoms with Crippen molar-refractivity contribution in [3.63, 3.8) is 0 Å². The zero-order chi connectivity index (χ0) is 19.3. The topological polar surface area (TPSA) is 74.8 Å². The van der Waals surface area contributed by atoms with Crippen molar-refractivity contribution in [3.8, 4) is 5.75 Å². The fraction of sp³-hybridized carbons (Fsp3) is 0.667. The molecule has 0 radical (unpaired) electrons. The molecule has 0 spiro atoms. The van der Waals surface area contributed by atoms with Gasteiger partial charge in [0.25, 0.3) is 5.91 Å². The van der Waals surface area contributed by atoms with Crippen LogP contribution in [0.3, 0.4) is 0 Å². The van der Waals surface area contributed by atoms with Gasteiger partial charge in [0.1, 0.15) is 5.75 Å². The van der Waals surface area contributed by atoms with Crippen LogP contribution in [-0.2, 0) is 9.59 Å². The van der Waals surface area contributed by atoms with Gasteiger partial charge < -0.3 is 15.0 Å². The maximum atomic E-state index is 12.4. The first-order valence-corrected chi connectivity index (χ1v) is 10.5. The van der Waals surface area contributed by atoms with E-state index in [9.17, 15) is 9.59 Å². The van der Waals surface area contributed by atoms with E-state index in [4.69, 9.17) is 4.74 Å². The van der Waals surface area contributed by atoms with Crippen LogP contribution in [0.2, 0.25) is 0 Å². The molecular weight excluding hydrogens is 356 g/mol. The summed E-state index contributed by atoms with van der Waals surface area (Å²) in [6.07, 6.45) is 9.59. The van der Waals surface area contributed by atoms with Gasteiger partial charge >= 0.3 is 0 Å². The first-order valence-electron chi connectivity index (χ1n) is 10.5. The predicted octanol–water partition coefficient (Wildman–Crippen LogP) is 1.44. The Morgan fingerprint density at radius 2 is 1.96 bits per heavy atom. The summed E-state index contributed by atoms with van der Waals surface area (Å²) in [6, 6.07) is 4.51. The highest BCUT2D eigenvalue weighted by Gasteiger charge is 2.34. The number of nitrogens with zero attached hydrogens (tertiary/aromatic N) is 3. The number of amides is 2. The van der Waals surface area contributed by atoms with E-state index in [1.165, 1.54) is 0 Å². The van der Waals surface area contributed by atoms with E-state index in [0.717, 1.165) is 64.7 Å². The van der Waals surface area contributed by atoms with E-state index in [1.807, 2.05) is 4.90 Å². The molecule has 1 saturated carbocycles. The number of hydrogen-bond acceptors (Lipinski definition) is 5. The van der Waals surface area contributed by atoms with E-state index >= 15 is 0 Å². The summed E-state index contributed by atoms with van der Waals surface area (Å²) in [5.41, 5.74) is 0. The van der Waals surface area contributed by atoms with E-state index in [-0.39, 0.29) is 24.3 Å². The zero-order valence-electron chi connectivity index (χ0n) is 16.4. The van der Waals surface area contributed by atoms with E-state index in [1.54, 1.807) is 24.5 Å². The highest BCUT2D eigenvalue weighted by atomic mass is 16.5. The Balaban J connectivity index is 1.21. The zero-order valence-corrected chi connectivity index (χ0v) is 16.4. The minimum atomic E-state index is 0.0302. The maximum Gasteiger partial charge on any atom is 0.260 e. The molecule has 4 rings (SSSR count). The minimum Gasteiger partial charge on any atom is -0.482 e. The Hall–Kier alpha value is -2.15. The van der Waals surface area contributed by atoms with Crippen molar-refractivity contribution in [2.75, 3.05) is 32.8 Å². The van der Waals surface area contributed by atoms with Gasteiger partial charge in [-0.1, -0.05) is 0 Å². The van der Waals surface area contributed by atoms with Crippen LogP contribution in [-0.4, -0.2) is 71.5 Å². The number of carbonyl (C=O) groups excluding carboxylic acids is 2. The molecule has 2 amide bonds. The third-order valence-electron chi connectivity index (χ3n) is 6.08. The lowest BCUT2D eigenvalue weighted by molar-refractivity contribution is -0.135. The van der Waals surface area contributed by atoms with Crippen molar-refractivity contribution in [3.05, 3.63) is 24.5 Å². The van der Waals surface area contributed by atoms with Crippen LogP contribution in [0.4, 0.5) is 0 Å². The number of hydrogen-bond donors (Lipinski definition) is 1. The molecule has 7 heteroatoms. The number of pyridine rings is 1. The highest BCUT2D eigenvalue weighted by molar-refractivity contribution is 5.79. The van der Waals surface area contributed by atoms with E-state index in [0.29, 0.717) is 17.8 Å². The first-order chi connectivity index (χ1) is 13.7. The summed E-state index contributed by atoms with van der Waals surface area (Å²) in [6.45, 7) is 3.51. The average Bonchev–Trinajstić information content (AvgIpc) is 3.57. The molecule has 0 aromatic carbocycles. The Labute approximate surface area is 166 Å². The van der Waals surface area contributed by atoms with Crippen LogP contribution >= 0.6 is 0 Å². The number of carbonyl (C=O) groups is 2. The summed E-state index contributed by atoms with van der Waals surface area (Å²) in [5, 5.41) is 3.16. The number of rotatable bonds is 6. The van der Waals surface area contributed by atoms with E-state index in [2.05, 4.69) is 15.2 Å². The molecule has 0 unspecified atom stereocenters. The van der Waals surface area contributed by atoms with Crippen molar-refractivity contribution in [1.82, 2.24) is 20.1 Å². The van der Waals surface area contributed by atoms with Crippen molar-refractivity contribution in [2.24, 2.45) is 5.92 Å². The van der Waals surface area contributed by atoms with Crippen LogP contribution in [0.15, 0.2) is 24.5 Å². The van der Waals surface area contributed by atoms with Gasteiger partial charge in [0.05, 0.1) is 12.1 Å². The Morgan fingerprint density at radius 1 is 1.14 bits per heavy atom. The van der Waals surface area contributed by atoms with Gasteiger partial charge in [-0.2, -0.15) is 0 Å². The molecule has 1 N–H and O–H groups in total. The van der Waals surface area contributed by atoms with Gasteiger partial charge in [-0.3, -0.25) is 19.5 Å². The second-order valence-corrected chi connectivity index (χ2v) is 8.21. The summed E-state index contributed by atoms with van der Waals surface area (Å²) in [4.78, 5) is 33.2. The lowest BCUT2D eigenvalue weighted by atomic mass is 9.93. The van der Waals surface area contributed by atoms with Crippen LogP contribution < -0.4 is 10.1 Å². The van der Waals surface area contributed by atoms with Gasteiger partial charge in [-0.15, -0.1) is 0 Å². The standard InChI is InChI=1S/C21H30N4O3/c26-20(15-28-19-4-1-9-22-13-19)24-11-7-18(8-12-24)25-10-2-3-16(14-25)21(27)23-17-5-6-17/h1,4,9,13,16-18H,2-3,5-8,10-12,14-15H2,(H,23,27)/t16-/m0/s1. The number of nitrogens with one attached hydrogen (secondary N) is 1. The van der Waals surface area contributed by atoms with Crippen LogP contribution in [0, 0.1) is 5.92 Å².